The number of aliphatic carboxylic acids is 1. The molecule has 1 aromatic rings. The van der Waals surface area contributed by atoms with Gasteiger partial charge >= 0.3 is 5.97 Å². The largest absolute Gasteiger partial charge is 0.496 e. The van der Waals surface area contributed by atoms with Gasteiger partial charge in [0.1, 0.15) is 11.6 Å². The molecule has 0 radical (unpaired) electrons. The Morgan fingerprint density at radius 1 is 1.39 bits per heavy atom. The van der Waals surface area contributed by atoms with E-state index >= 15 is 0 Å². The van der Waals surface area contributed by atoms with Gasteiger partial charge in [0.25, 0.3) is 0 Å². The van der Waals surface area contributed by atoms with Crippen molar-refractivity contribution in [2.75, 3.05) is 14.2 Å². The van der Waals surface area contributed by atoms with Crippen molar-refractivity contribution in [1.82, 2.24) is 0 Å². The van der Waals surface area contributed by atoms with Crippen molar-refractivity contribution in [2.45, 2.75) is 20.0 Å². The molecule has 0 saturated carbocycles. The fourth-order valence-electron chi connectivity index (χ4n) is 1.68. The minimum atomic E-state index is -0.946. The van der Waals surface area contributed by atoms with Crippen molar-refractivity contribution in [3.8, 4) is 5.75 Å². The van der Waals surface area contributed by atoms with E-state index in [1.54, 1.807) is 13.0 Å². The minimum absolute atomic E-state index is 0.141. The standard InChI is InChI=1S/C13H17FO4/c1-8(13(15)16)4-9-5-10(7-17-2)12(18-3)6-11(9)14/h5-6,8H,4,7H2,1-3H3,(H,15,16). The second-order valence-corrected chi connectivity index (χ2v) is 4.13. The number of carboxylic acid groups (broad SMARTS) is 1. The van der Waals surface area contributed by atoms with E-state index in [4.69, 9.17) is 14.6 Å². The normalized spacial score (nSPS) is 12.2. The zero-order chi connectivity index (χ0) is 13.7. The summed E-state index contributed by atoms with van der Waals surface area (Å²) in [5.41, 5.74) is 1.06. The third kappa shape index (κ3) is 3.43. The monoisotopic (exact) mass is 256 g/mol. The number of benzene rings is 1. The molecule has 0 aliphatic carbocycles. The van der Waals surface area contributed by atoms with Gasteiger partial charge in [0.15, 0.2) is 0 Å². The Bertz CT molecular complexity index is 431. The van der Waals surface area contributed by atoms with Crippen molar-refractivity contribution in [1.29, 1.82) is 0 Å². The molecule has 1 unspecified atom stereocenters. The summed E-state index contributed by atoms with van der Waals surface area (Å²) in [6, 6.07) is 2.86. The Morgan fingerprint density at radius 2 is 2.06 bits per heavy atom. The predicted octanol–water partition coefficient (Wildman–Crippen LogP) is 2.24. The number of hydrogen-bond donors (Lipinski definition) is 1. The van der Waals surface area contributed by atoms with E-state index in [1.165, 1.54) is 20.3 Å². The van der Waals surface area contributed by atoms with Crippen LogP contribution in [0.3, 0.4) is 0 Å². The number of carbonyl (C=O) groups is 1. The first-order valence-electron chi connectivity index (χ1n) is 5.56. The number of ether oxygens (including phenoxy) is 2. The topological polar surface area (TPSA) is 55.8 Å². The van der Waals surface area contributed by atoms with E-state index < -0.39 is 17.7 Å². The number of rotatable bonds is 6. The lowest BCUT2D eigenvalue weighted by molar-refractivity contribution is -0.141. The highest BCUT2D eigenvalue weighted by Crippen LogP contribution is 2.25. The molecule has 1 aromatic carbocycles. The van der Waals surface area contributed by atoms with Crippen molar-refractivity contribution >= 4 is 5.97 Å². The van der Waals surface area contributed by atoms with Gasteiger partial charge in [0, 0.05) is 18.7 Å². The van der Waals surface area contributed by atoms with Crippen molar-refractivity contribution in [3.63, 3.8) is 0 Å². The molecule has 1 atom stereocenters. The van der Waals surface area contributed by atoms with Gasteiger partial charge in [-0.2, -0.15) is 0 Å². The molecular weight excluding hydrogens is 239 g/mol. The van der Waals surface area contributed by atoms with Gasteiger partial charge in [-0.25, -0.2) is 4.39 Å². The number of methoxy groups -OCH3 is 2. The SMILES string of the molecule is COCc1cc(CC(C)C(=O)O)c(F)cc1OC. The number of hydrogen-bond acceptors (Lipinski definition) is 3. The first kappa shape index (κ1) is 14.4. The van der Waals surface area contributed by atoms with E-state index in [2.05, 4.69) is 0 Å². The summed E-state index contributed by atoms with van der Waals surface area (Å²) in [5.74, 6) is -1.64. The number of carboxylic acids is 1. The molecule has 18 heavy (non-hydrogen) atoms. The summed E-state index contributed by atoms with van der Waals surface area (Å²) >= 11 is 0. The van der Waals surface area contributed by atoms with Crippen LogP contribution in [0.15, 0.2) is 12.1 Å². The Balaban J connectivity index is 3.04. The van der Waals surface area contributed by atoms with Gasteiger partial charge in [0.05, 0.1) is 19.6 Å². The molecule has 0 spiro atoms. The lowest BCUT2D eigenvalue weighted by Crippen LogP contribution is -2.13. The molecule has 0 aliphatic rings. The summed E-state index contributed by atoms with van der Waals surface area (Å²) in [6.45, 7) is 1.83. The third-order valence-electron chi connectivity index (χ3n) is 2.70. The quantitative estimate of drug-likeness (QED) is 0.848. The van der Waals surface area contributed by atoms with E-state index in [0.29, 0.717) is 16.9 Å². The Hall–Kier alpha value is -1.62. The Labute approximate surface area is 105 Å². The molecular formula is C13H17FO4. The van der Waals surface area contributed by atoms with Crippen LogP contribution in [0.25, 0.3) is 0 Å². The molecule has 0 amide bonds. The van der Waals surface area contributed by atoms with Crippen molar-refractivity contribution in [2.24, 2.45) is 5.92 Å². The highest BCUT2D eigenvalue weighted by atomic mass is 19.1. The van der Waals surface area contributed by atoms with Gasteiger partial charge in [-0.15, -0.1) is 0 Å². The van der Waals surface area contributed by atoms with Crippen LogP contribution < -0.4 is 4.74 Å². The molecule has 4 nitrogen and oxygen atoms in total. The maximum Gasteiger partial charge on any atom is 0.306 e. The van der Waals surface area contributed by atoms with Crippen LogP contribution in [-0.4, -0.2) is 25.3 Å². The molecule has 0 aliphatic heterocycles. The highest BCUT2D eigenvalue weighted by Gasteiger charge is 2.16. The summed E-state index contributed by atoms with van der Waals surface area (Å²) in [4.78, 5) is 10.8. The number of halogens is 1. The Kier molecular flexibility index (Phi) is 5.09. The minimum Gasteiger partial charge on any atom is -0.496 e. The van der Waals surface area contributed by atoms with E-state index in [0.717, 1.165) is 0 Å². The average molecular weight is 256 g/mol. The van der Waals surface area contributed by atoms with Crippen molar-refractivity contribution < 1.29 is 23.8 Å². The fourth-order valence-corrected chi connectivity index (χ4v) is 1.68. The third-order valence-corrected chi connectivity index (χ3v) is 2.70. The molecule has 1 rings (SSSR count). The first-order chi connectivity index (χ1) is 8.49. The van der Waals surface area contributed by atoms with Crippen LogP contribution in [0.2, 0.25) is 0 Å². The van der Waals surface area contributed by atoms with Crippen LogP contribution in [0.5, 0.6) is 5.75 Å². The van der Waals surface area contributed by atoms with E-state index in [1.807, 2.05) is 0 Å². The molecule has 1 N–H and O–H groups in total. The second-order valence-electron chi connectivity index (χ2n) is 4.13. The van der Waals surface area contributed by atoms with E-state index in [9.17, 15) is 9.18 Å². The molecule has 0 aromatic heterocycles. The summed E-state index contributed by atoms with van der Waals surface area (Å²) in [7, 11) is 2.98. The Morgan fingerprint density at radius 3 is 2.56 bits per heavy atom. The summed E-state index contributed by atoms with van der Waals surface area (Å²) < 4.78 is 23.8. The predicted molar refractivity (Wildman–Crippen MR) is 64.2 cm³/mol. The zero-order valence-electron chi connectivity index (χ0n) is 10.7. The molecule has 0 heterocycles. The van der Waals surface area contributed by atoms with Crippen LogP contribution >= 0.6 is 0 Å². The van der Waals surface area contributed by atoms with Crippen LogP contribution in [0.4, 0.5) is 4.39 Å². The molecule has 5 heteroatoms. The van der Waals surface area contributed by atoms with Gasteiger partial charge in [-0.1, -0.05) is 6.92 Å². The maximum absolute atomic E-state index is 13.8. The van der Waals surface area contributed by atoms with Crippen LogP contribution in [-0.2, 0) is 22.6 Å². The van der Waals surface area contributed by atoms with Crippen LogP contribution in [0.1, 0.15) is 18.1 Å². The lowest BCUT2D eigenvalue weighted by Gasteiger charge is -2.13. The van der Waals surface area contributed by atoms with Gasteiger partial charge < -0.3 is 14.6 Å². The van der Waals surface area contributed by atoms with Gasteiger partial charge in [-0.3, -0.25) is 4.79 Å². The average Bonchev–Trinajstić information content (AvgIpc) is 2.33. The van der Waals surface area contributed by atoms with Gasteiger partial charge in [0.2, 0.25) is 0 Å². The summed E-state index contributed by atoms with van der Waals surface area (Å²) in [6.07, 6.45) is 0.141. The van der Waals surface area contributed by atoms with Crippen molar-refractivity contribution in [3.05, 3.63) is 29.1 Å². The molecule has 100 valence electrons. The molecule has 0 fully saturated rings. The first-order valence-corrected chi connectivity index (χ1v) is 5.56. The fraction of sp³-hybridized carbons (Fsp3) is 0.462. The lowest BCUT2D eigenvalue weighted by atomic mass is 9.98. The zero-order valence-corrected chi connectivity index (χ0v) is 10.7. The highest BCUT2D eigenvalue weighted by molar-refractivity contribution is 5.70. The molecule has 0 bridgehead atoms. The second kappa shape index (κ2) is 6.35. The van der Waals surface area contributed by atoms with E-state index in [-0.39, 0.29) is 13.0 Å². The summed E-state index contributed by atoms with van der Waals surface area (Å²) in [5, 5.41) is 8.84. The smallest absolute Gasteiger partial charge is 0.306 e. The van der Waals surface area contributed by atoms with Crippen LogP contribution in [0, 0.1) is 11.7 Å². The maximum atomic E-state index is 13.8. The van der Waals surface area contributed by atoms with Gasteiger partial charge in [-0.05, 0) is 18.1 Å². The molecule has 0 saturated heterocycles.